The SMILES string of the molecule is COc1ccc(NC(N)=NCC2(C)OCCc3sccc32)cc1OC. The highest BCUT2D eigenvalue weighted by atomic mass is 32.1. The van der Waals surface area contributed by atoms with Gasteiger partial charge < -0.3 is 25.3 Å². The number of aliphatic imine (C=N–C) groups is 1. The van der Waals surface area contributed by atoms with Gasteiger partial charge in [0.1, 0.15) is 5.60 Å². The number of benzene rings is 1. The average Bonchev–Trinajstić information content (AvgIpc) is 3.10. The molecule has 0 fully saturated rings. The van der Waals surface area contributed by atoms with Crippen molar-refractivity contribution in [2.24, 2.45) is 10.7 Å². The van der Waals surface area contributed by atoms with Crippen LogP contribution in [-0.2, 0) is 16.8 Å². The summed E-state index contributed by atoms with van der Waals surface area (Å²) in [5.74, 6) is 1.63. The first kappa shape index (κ1) is 17.6. The lowest BCUT2D eigenvalue weighted by molar-refractivity contribution is -0.0374. The van der Waals surface area contributed by atoms with Crippen molar-refractivity contribution in [1.82, 2.24) is 0 Å². The van der Waals surface area contributed by atoms with Gasteiger partial charge in [0, 0.05) is 23.1 Å². The number of nitrogens with two attached hydrogens (primary N) is 1. The van der Waals surface area contributed by atoms with Crippen LogP contribution in [0.25, 0.3) is 0 Å². The van der Waals surface area contributed by atoms with Gasteiger partial charge in [-0.3, -0.25) is 0 Å². The Hall–Kier alpha value is -2.25. The van der Waals surface area contributed by atoms with Crippen molar-refractivity contribution in [3.8, 4) is 11.5 Å². The third-order valence-electron chi connectivity index (χ3n) is 4.27. The summed E-state index contributed by atoms with van der Waals surface area (Å²) in [6.07, 6.45) is 0.964. The van der Waals surface area contributed by atoms with Gasteiger partial charge in [-0.2, -0.15) is 0 Å². The van der Waals surface area contributed by atoms with E-state index in [1.54, 1.807) is 25.6 Å². The molecule has 25 heavy (non-hydrogen) atoms. The maximum atomic E-state index is 6.05. The summed E-state index contributed by atoms with van der Waals surface area (Å²) in [6, 6.07) is 7.61. The molecule has 1 aromatic heterocycles. The zero-order valence-corrected chi connectivity index (χ0v) is 15.5. The van der Waals surface area contributed by atoms with Gasteiger partial charge in [-0.1, -0.05) is 0 Å². The van der Waals surface area contributed by atoms with Crippen LogP contribution in [0.15, 0.2) is 34.6 Å². The second-order valence-corrected chi connectivity index (χ2v) is 6.98. The number of thiophene rings is 1. The van der Waals surface area contributed by atoms with E-state index in [4.69, 9.17) is 19.9 Å². The molecular formula is C18H23N3O3S. The number of ether oxygens (including phenoxy) is 3. The minimum atomic E-state index is -0.433. The number of methoxy groups -OCH3 is 2. The number of rotatable bonds is 5. The van der Waals surface area contributed by atoms with Gasteiger partial charge >= 0.3 is 0 Å². The van der Waals surface area contributed by atoms with Crippen LogP contribution in [0.2, 0.25) is 0 Å². The Kier molecular flexibility index (Phi) is 5.15. The zero-order valence-electron chi connectivity index (χ0n) is 14.7. The number of nitrogens with zero attached hydrogens (tertiary/aromatic N) is 1. The Morgan fingerprint density at radius 2 is 2.12 bits per heavy atom. The summed E-state index contributed by atoms with van der Waals surface area (Å²) in [6.45, 7) is 3.23. The van der Waals surface area contributed by atoms with E-state index in [1.165, 1.54) is 10.4 Å². The van der Waals surface area contributed by atoms with Crippen molar-refractivity contribution in [2.75, 3.05) is 32.7 Å². The fourth-order valence-corrected chi connectivity index (χ4v) is 3.90. The molecule has 1 atom stereocenters. The molecular weight excluding hydrogens is 338 g/mol. The molecule has 1 aliphatic rings. The molecule has 6 nitrogen and oxygen atoms in total. The van der Waals surface area contributed by atoms with E-state index in [0.717, 1.165) is 12.1 Å². The highest BCUT2D eigenvalue weighted by Crippen LogP contribution is 2.36. The van der Waals surface area contributed by atoms with Crippen LogP contribution in [0.4, 0.5) is 5.69 Å². The fraction of sp³-hybridized carbons (Fsp3) is 0.389. The van der Waals surface area contributed by atoms with Crippen molar-refractivity contribution in [1.29, 1.82) is 0 Å². The van der Waals surface area contributed by atoms with E-state index >= 15 is 0 Å². The Labute approximate surface area is 151 Å². The quantitative estimate of drug-likeness (QED) is 0.632. The van der Waals surface area contributed by atoms with E-state index in [-0.39, 0.29) is 0 Å². The monoisotopic (exact) mass is 361 g/mol. The summed E-state index contributed by atoms with van der Waals surface area (Å²) in [5, 5.41) is 5.19. The smallest absolute Gasteiger partial charge is 0.193 e. The second-order valence-electron chi connectivity index (χ2n) is 5.98. The summed E-state index contributed by atoms with van der Waals surface area (Å²) < 4.78 is 16.5. The number of nitrogens with one attached hydrogen (secondary N) is 1. The van der Waals surface area contributed by atoms with Crippen LogP contribution in [0.1, 0.15) is 17.4 Å². The lowest BCUT2D eigenvalue weighted by atomic mass is 9.93. The van der Waals surface area contributed by atoms with Gasteiger partial charge in [0.15, 0.2) is 17.5 Å². The molecule has 134 valence electrons. The van der Waals surface area contributed by atoms with Crippen molar-refractivity contribution in [2.45, 2.75) is 18.9 Å². The first-order chi connectivity index (χ1) is 12.1. The first-order valence-electron chi connectivity index (χ1n) is 8.05. The van der Waals surface area contributed by atoms with Crippen LogP contribution in [0.3, 0.4) is 0 Å². The van der Waals surface area contributed by atoms with Gasteiger partial charge in [-0.25, -0.2) is 4.99 Å². The number of guanidine groups is 1. The molecule has 0 saturated heterocycles. The highest BCUT2D eigenvalue weighted by molar-refractivity contribution is 7.10. The zero-order chi connectivity index (χ0) is 17.9. The van der Waals surface area contributed by atoms with E-state index in [9.17, 15) is 0 Å². The second kappa shape index (κ2) is 7.33. The van der Waals surface area contributed by atoms with Crippen LogP contribution in [-0.4, -0.2) is 33.3 Å². The van der Waals surface area contributed by atoms with Crippen LogP contribution >= 0.6 is 11.3 Å². The van der Waals surface area contributed by atoms with E-state index in [2.05, 4.69) is 28.7 Å². The number of anilines is 1. The maximum Gasteiger partial charge on any atom is 0.193 e. The molecule has 1 aromatic carbocycles. The number of fused-ring (bicyclic) bond motifs is 1. The fourth-order valence-electron chi connectivity index (χ4n) is 2.92. The predicted molar refractivity (Wildman–Crippen MR) is 101 cm³/mol. The van der Waals surface area contributed by atoms with Gasteiger partial charge in [0.25, 0.3) is 0 Å². The molecule has 0 bridgehead atoms. The average molecular weight is 361 g/mol. The van der Waals surface area contributed by atoms with Crippen molar-refractivity contribution in [3.63, 3.8) is 0 Å². The molecule has 0 aliphatic carbocycles. The van der Waals surface area contributed by atoms with E-state index in [0.29, 0.717) is 30.6 Å². The minimum absolute atomic E-state index is 0.333. The molecule has 0 amide bonds. The van der Waals surface area contributed by atoms with E-state index < -0.39 is 5.60 Å². The normalized spacial score (nSPS) is 20.0. The number of hydrogen-bond donors (Lipinski definition) is 2. The molecule has 0 saturated carbocycles. The Balaban J connectivity index is 1.71. The predicted octanol–water partition coefficient (Wildman–Crippen LogP) is 2.98. The maximum absolute atomic E-state index is 6.05. The Morgan fingerprint density at radius 3 is 2.88 bits per heavy atom. The van der Waals surface area contributed by atoms with Crippen molar-refractivity contribution in [3.05, 3.63) is 40.1 Å². The topological polar surface area (TPSA) is 78.1 Å². The lowest BCUT2D eigenvalue weighted by Crippen LogP contribution is -2.36. The molecule has 1 aliphatic heterocycles. The van der Waals surface area contributed by atoms with Crippen molar-refractivity contribution >= 4 is 23.0 Å². The highest BCUT2D eigenvalue weighted by Gasteiger charge is 2.33. The Bertz CT molecular complexity index is 775. The van der Waals surface area contributed by atoms with Crippen LogP contribution in [0.5, 0.6) is 11.5 Å². The summed E-state index contributed by atoms with van der Waals surface area (Å²) in [4.78, 5) is 5.85. The molecule has 2 aromatic rings. The third kappa shape index (κ3) is 3.72. The molecule has 2 heterocycles. The molecule has 7 heteroatoms. The minimum Gasteiger partial charge on any atom is -0.493 e. The van der Waals surface area contributed by atoms with Crippen LogP contribution in [0, 0.1) is 0 Å². The van der Waals surface area contributed by atoms with Gasteiger partial charge in [-0.05, 0) is 36.1 Å². The van der Waals surface area contributed by atoms with Crippen molar-refractivity contribution < 1.29 is 14.2 Å². The molecule has 1 unspecified atom stereocenters. The van der Waals surface area contributed by atoms with E-state index in [1.807, 2.05) is 18.2 Å². The van der Waals surface area contributed by atoms with Crippen LogP contribution < -0.4 is 20.5 Å². The Morgan fingerprint density at radius 1 is 1.32 bits per heavy atom. The van der Waals surface area contributed by atoms with Gasteiger partial charge in [0.05, 0.1) is 27.4 Å². The standard InChI is InChI=1S/C18H23N3O3S/c1-18(13-7-9-25-16(13)6-8-24-18)11-20-17(19)21-12-4-5-14(22-2)15(10-12)23-3/h4-5,7,9-10H,6,8,11H2,1-3H3,(H3,19,20,21). The molecule has 3 rings (SSSR count). The molecule has 0 spiro atoms. The molecule has 3 N–H and O–H groups in total. The summed E-state index contributed by atoms with van der Waals surface area (Å²) in [7, 11) is 3.20. The summed E-state index contributed by atoms with van der Waals surface area (Å²) >= 11 is 1.77. The van der Waals surface area contributed by atoms with Gasteiger partial charge in [0.2, 0.25) is 0 Å². The number of hydrogen-bond acceptors (Lipinski definition) is 5. The largest absolute Gasteiger partial charge is 0.493 e. The molecule has 0 radical (unpaired) electrons. The lowest BCUT2D eigenvalue weighted by Gasteiger charge is -2.33. The van der Waals surface area contributed by atoms with Gasteiger partial charge in [-0.15, -0.1) is 11.3 Å². The third-order valence-corrected chi connectivity index (χ3v) is 5.25. The summed E-state index contributed by atoms with van der Waals surface area (Å²) in [5.41, 5.74) is 7.62. The first-order valence-corrected chi connectivity index (χ1v) is 8.93.